The highest BCUT2D eigenvalue weighted by Crippen LogP contribution is 2.43. The molecule has 0 aliphatic carbocycles. The number of piperidine rings is 3. The van der Waals surface area contributed by atoms with E-state index in [4.69, 9.17) is 9.72 Å². The first-order valence-electron chi connectivity index (χ1n) is 21.0. The molecule has 58 heavy (non-hydrogen) atoms. The molecule has 5 aromatic rings. The monoisotopic (exact) mass is 777 g/mol. The third-order valence-electron chi connectivity index (χ3n) is 13.3. The number of rotatable bonds is 8. The highest BCUT2D eigenvalue weighted by atomic mass is 16.5. The number of nitrogens with one attached hydrogen (secondary N) is 3. The number of carbonyl (C=O) groups is 2. The fraction of sp³-hybridized carbons (Fsp3) is 0.413. The second-order valence-corrected chi connectivity index (χ2v) is 17.1. The Balaban J connectivity index is 0.683. The first-order chi connectivity index (χ1) is 28.3. The predicted octanol–water partition coefficient (Wildman–Crippen LogP) is 6.89. The lowest BCUT2D eigenvalue weighted by Gasteiger charge is -2.55. The molecule has 298 valence electrons. The number of nitrogens with zero attached hydrogens (tertiary/aromatic N) is 6. The number of ether oxygens (including phenoxy) is 1. The van der Waals surface area contributed by atoms with Crippen LogP contribution < -0.4 is 30.5 Å². The minimum atomic E-state index is -0.225. The van der Waals surface area contributed by atoms with Crippen LogP contribution in [0.25, 0.3) is 22.0 Å². The average molecular weight is 778 g/mol. The van der Waals surface area contributed by atoms with Gasteiger partial charge in [-0.3, -0.25) is 14.9 Å². The Bertz CT molecular complexity index is 2330. The third kappa shape index (κ3) is 7.30. The Labute approximate surface area is 339 Å². The number of fused-ring (bicyclic) bond motifs is 2. The fourth-order valence-corrected chi connectivity index (χ4v) is 9.90. The summed E-state index contributed by atoms with van der Waals surface area (Å²) in [5.74, 6) is 1.43. The summed E-state index contributed by atoms with van der Waals surface area (Å²) in [7, 11) is 0. The SMILES string of the molecule is Cc1c(-c2ccc3cnc(Nc4ccc(N5CCC6(CC5)CN(CC5CCN(c7ccc(C8CCC(=O)NC8=O)cc7)CC5)C6)cc4)nc3c2)cnc2c1NCCO2. The summed E-state index contributed by atoms with van der Waals surface area (Å²) in [6.45, 7) is 11.5. The van der Waals surface area contributed by atoms with E-state index in [2.05, 4.69) is 114 Å². The van der Waals surface area contributed by atoms with Crippen LogP contribution in [-0.2, 0) is 9.59 Å². The van der Waals surface area contributed by atoms with Gasteiger partial charge in [-0.2, -0.15) is 0 Å². The van der Waals surface area contributed by atoms with Crippen LogP contribution in [0.5, 0.6) is 5.88 Å². The topological polar surface area (TPSA) is 128 Å². The number of amides is 2. The Hall–Kier alpha value is -5.75. The number of imide groups is 1. The standard InChI is InChI=1S/C46H51N9O3/c1-30-39(26-48-44-42(30)47-18-23-58-44)33-2-3-34-25-49-45(51-40(34)24-33)50-35-6-10-37(11-7-35)55-21-16-46(17-22-55)28-53(29-46)27-31-14-19-54(20-15-31)36-8-4-32(5-9-36)38-12-13-41(56)52-43(38)57/h2-11,24-26,31,38,47H,12-23,27-29H2,1H3,(H,49,50,51)(H,52,56,57). The minimum absolute atomic E-state index is 0.165. The summed E-state index contributed by atoms with van der Waals surface area (Å²) < 4.78 is 5.73. The van der Waals surface area contributed by atoms with Crippen molar-refractivity contribution in [2.24, 2.45) is 11.3 Å². The molecule has 3 aromatic carbocycles. The van der Waals surface area contributed by atoms with Gasteiger partial charge in [0.15, 0.2) is 0 Å². The highest BCUT2D eigenvalue weighted by molar-refractivity contribution is 6.01. The number of anilines is 5. The number of benzene rings is 3. The molecule has 3 N–H and O–H groups in total. The molecular formula is C46H51N9O3. The number of pyridine rings is 1. The van der Waals surface area contributed by atoms with E-state index < -0.39 is 0 Å². The Morgan fingerprint density at radius 1 is 0.862 bits per heavy atom. The van der Waals surface area contributed by atoms with E-state index in [9.17, 15) is 9.59 Å². The molecule has 7 heterocycles. The fourth-order valence-electron chi connectivity index (χ4n) is 9.90. The van der Waals surface area contributed by atoms with Gasteiger partial charge in [0, 0.05) is 99.2 Å². The smallest absolute Gasteiger partial charge is 0.237 e. The summed E-state index contributed by atoms with van der Waals surface area (Å²) in [5, 5.41) is 10.3. The van der Waals surface area contributed by atoms with Gasteiger partial charge in [-0.15, -0.1) is 0 Å². The molecule has 1 spiro atoms. The summed E-state index contributed by atoms with van der Waals surface area (Å²) in [6, 6.07) is 23.4. The molecule has 10 rings (SSSR count). The van der Waals surface area contributed by atoms with Crippen LogP contribution in [0.3, 0.4) is 0 Å². The van der Waals surface area contributed by atoms with Crippen LogP contribution in [0.1, 0.15) is 55.6 Å². The van der Waals surface area contributed by atoms with Crippen LogP contribution >= 0.6 is 0 Å². The molecule has 12 nitrogen and oxygen atoms in total. The van der Waals surface area contributed by atoms with Crippen molar-refractivity contribution in [3.8, 4) is 17.0 Å². The van der Waals surface area contributed by atoms with Gasteiger partial charge in [0.05, 0.1) is 11.4 Å². The lowest BCUT2D eigenvalue weighted by atomic mass is 9.71. The average Bonchev–Trinajstić information content (AvgIpc) is 3.24. The van der Waals surface area contributed by atoms with Crippen LogP contribution in [0.2, 0.25) is 0 Å². The van der Waals surface area contributed by atoms with Crippen LogP contribution in [0.15, 0.2) is 79.1 Å². The lowest BCUT2D eigenvalue weighted by Crippen LogP contribution is -2.61. The van der Waals surface area contributed by atoms with Crippen molar-refractivity contribution in [2.45, 2.75) is 51.4 Å². The van der Waals surface area contributed by atoms with Crippen LogP contribution in [0, 0.1) is 18.3 Å². The molecule has 2 aromatic heterocycles. The maximum atomic E-state index is 12.3. The number of hydrogen-bond donors (Lipinski definition) is 3. The van der Waals surface area contributed by atoms with E-state index in [1.165, 1.54) is 56.7 Å². The van der Waals surface area contributed by atoms with Crippen molar-refractivity contribution in [3.63, 3.8) is 0 Å². The Kier molecular flexibility index (Phi) is 9.59. The van der Waals surface area contributed by atoms with Gasteiger partial charge >= 0.3 is 0 Å². The summed E-state index contributed by atoms with van der Waals surface area (Å²) in [6.07, 6.45) is 9.68. The minimum Gasteiger partial charge on any atom is -0.474 e. The molecule has 12 heteroatoms. The van der Waals surface area contributed by atoms with Gasteiger partial charge in [0.2, 0.25) is 23.6 Å². The number of likely N-dealkylation sites (tertiary alicyclic amines) is 1. The molecular weight excluding hydrogens is 727 g/mol. The third-order valence-corrected chi connectivity index (χ3v) is 13.3. The summed E-state index contributed by atoms with van der Waals surface area (Å²) in [5.41, 5.74) is 10.0. The zero-order valence-corrected chi connectivity index (χ0v) is 33.2. The van der Waals surface area contributed by atoms with Crippen molar-refractivity contribution in [3.05, 3.63) is 90.3 Å². The van der Waals surface area contributed by atoms with Gasteiger partial charge in [-0.05, 0) is 110 Å². The molecule has 4 saturated heterocycles. The van der Waals surface area contributed by atoms with E-state index in [0.717, 1.165) is 83.2 Å². The molecule has 5 aliphatic heterocycles. The molecule has 0 radical (unpaired) electrons. The van der Waals surface area contributed by atoms with E-state index in [-0.39, 0.29) is 17.7 Å². The zero-order chi connectivity index (χ0) is 39.2. The van der Waals surface area contributed by atoms with Crippen molar-refractivity contribution in [2.75, 3.05) is 79.4 Å². The lowest BCUT2D eigenvalue weighted by molar-refractivity contribution is -0.134. The largest absolute Gasteiger partial charge is 0.474 e. The predicted molar refractivity (Wildman–Crippen MR) is 228 cm³/mol. The van der Waals surface area contributed by atoms with E-state index >= 15 is 0 Å². The van der Waals surface area contributed by atoms with Crippen LogP contribution in [0.4, 0.5) is 28.7 Å². The molecule has 0 saturated carbocycles. The summed E-state index contributed by atoms with van der Waals surface area (Å²) in [4.78, 5) is 45.6. The quantitative estimate of drug-likeness (QED) is 0.143. The van der Waals surface area contributed by atoms with Gasteiger partial charge in [-0.25, -0.2) is 15.0 Å². The Morgan fingerprint density at radius 3 is 2.36 bits per heavy atom. The van der Waals surface area contributed by atoms with E-state index in [1.54, 1.807) is 0 Å². The molecule has 2 amide bonds. The molecule has 0 bridgehead atoms. The van der Waals surface area contributed by atoms with Crippen molar-refractivity contribution < 1.29 is 14.3 Å². The Morgan fingerprint density at radius 2 is 1.60 bits per heavy atom. The van der Waals surface area contributed by atoms with E-state index in [1.807, 2.05) is 12.4 Å². The number of hydrogen-bond acceptors (Lipinski definition) is 11. The van der Waals surface area contributed by atoms with Crippen molar-refractivity contribution >= 4 is 51.4 Å². The second-order valence-electron chi connectivity index (χ2n) is 17.1. The summed E-state index contributed by atoms with van der Waals surface area (Å²) >= 11 is 0. The number of carbonyl (C=O) groups excluding carboxylic acids is 2. The van der Waals surface area contributed by atoms with Gasteiger partial charge in [0.25, 0.3) is 0 Å². The van der Waals surface area contributed by atoms with Gasteiger partial charge < -0.3 is 30.1 Å². The maximum Gasteiger partial charge on any atom is 0.237 e. The normalized spacial score (nSPS) is 20.9. The molecule has 1 unspecified atom stereocenters. The highest BCUT2D eigenvalue weighted by Gasteiger charge is 2.45. The maximum absolute atomic E-state index is 12.3. The molecule has 4 fully saturated rings. The van der Waals surface area contributed by atoms with Crippen molar-refractivity contribution in [1.82, 2.24) is 25.2 Å². The molecule has 1 atom stereocenters. The van der Waals surface area contributed by atoms with Crippen molar-refractivity contribution in [1.29, 1.82) is 0 Å². The second kappa shape index (κ2) is 15.2. The number of aromatic nitrogens is 3. The van der Waals surface area contributed by atoms with Gasteiger partial charge in [0.1, 0.15) is 12.3 Å². The first kappa shape index (κ1) is 36.6. The van der Waals surface area contributed by atoms with Crippen LogP contribution in [-0.4, -0.2) is 90.6 Å². The van der Waals surface area contributed by atoms with Gasteiger partial charge in [-0.1, -0.05) is 24.3 Å². The van der Waals surface area contributed by atoms with E-state index in [0.29, 0.717) is 36.7 Å². The first-order valence-corrected chi connectivity index (χ1v) is 21.0. The zero-order valence-electron chi connectivity index (χ0n) is 33.2. The molecule has 5 aliphatic rings.